The van der Waals surface area contributed by atoms with Gasteiger partial charge in [0.25, 0.3) is 0 Å². The molecule has 0 radical (unpaired) electrons. The number of nitrogens with zero attached hydrogens (tertiary/aromatic N) is 1. The van der Waals surface area contributed by atoms with Crippen LogP contribution in [0, 0.1) is 0 Å². The molecule has 1 heterocycles. The third-order valence-corrected chi connectivity index (χ3v) is 2.89. The Labute approximate surface area is 112 Å². The van der Waals surface area contributed by atoms with Crippen LogP contribution in [0.5, 0.6) is 0 Å². The van der Waals surface area contributed by atoms with E-state index < -0.39 is 12.1 Å². The summed E-state index contributed by atoms with van der Waals surface area (Å²) in [5, 5.41) is 8.82. The largest absolute Gasteiger partial charge is 0.533 e. The second-order valence-corrected chi connectivity index (χ2v) is 4.69. The van der Waals surface area contributed by atoms with Crippen LogP contribution in [-0.2, 0) is 9.57 Å². The van der Waals surface area contributed by atoms with Crippen molar-refractivity contribution in [3.05, 3.63) is 9.34 Å². The topological polar surface area (TPSA) is 97.8 Å². The van der Waals surface area contributed by atoms with Crippen molar-refractivity contribution in [3.63, 3.8) is 0 Å². The number of aromatic nitrogens is 1. The molecule has 0 bridgehead atoms. The fourth-order valence-electron chi connectivity index (χ4n) is 0.927. The Hall–Kier alpha value is -1.54. The maximum atomic E-state index is 11.1. The van der Waals surface area contributed by atoms with Crippen LogP contribution < -0.4 is 5.48 Å². The average molecular weight is 295 g/mol. The maximum Gasteiger partial charge on any atom is 0.533 e. The molecule has 0 aromatic carbocycles. The number of rotatable bonds is 6. The Bertz CT molecular complexity index is 437. The molecule has 18 heavy (non-hydrogen) atoms. The van der Waals surface area contributed by atoms with E-state index in [4.69, 9.17) is 16.7 Å². The number of hydrogen-bond acceptors (Lipinski definition) is 7. The molecular formula is C9H11ClN2O5S. The summed E-state index contributed by atoms with van der Waals surface area (Å²) in [7, 11) is 0. The molecule has 0 aliphatic rings. The molecule has 9 heteroatoms. The molecule has 0 saturated heterocycles. The first-order valence-corrected chi connectivity index (χ1v) is 6.23. The zero-order valence-corrected chi connectivity index (χ0v) is 11.0. The second kappa shape index (κ2) is 7.02. The number of thiazole rings is 1. The van der Waals surface area contributed by atoms with Gasteiger partial charge >= 0.3 is 12.1 Å². The van der Waals surface area contributed by atoms with Gasteiger partial charge in [-0.3, -0.25) is 0 Å². The normalized spacial score (nSPS) is 9.89. The molecule has 1 rings (SSSR count). The smallest absolute Gasteiger partial charge is 0.477 e. The average Bonchev–Trinajstić information content (AvgIpc) is 2.68. The molecular weight excluding hydrogens is 284 g/mol. The van der Waals surface area contributed by atoms with E-state index in [1.54, 1.807) is 0 Å². The standard InChI is InChI=1S/C9H11ClN2O5S/c1-2-3-4-16-9(15)17-12-6-5(7(13)14)18-8(10)11-6/h12H,2-4H2,1H3,(H,13,14). The second-order valence-electron chi connectivity index (χ2n) is 3.11. The van der Waals surface area contributed by atoms with Crippen molar-refractivity contribution in [3.8, 4) is 0 Å². The van der Waals surface area contributed by atoms with Crippen LogP contribution in [-0.4, -0.2) is 28.8 Å². The summed E-state index contributed by atoms with van der Waals surface area (Å²) in [5.74, 6) is -1.35. The molecule has 1 aromatic heterocycles. The fourth-order valence-corrected chi connectivity index (χ4v) is 1.82. The Morgan fingerprint density at radius 2 is 2.28 bits per heavy atom. The molecule has 100 valence electrons. The summed E-state index contributed by atoms with van der Waals surface area (Å²) in [6.07, 6.45) is 0.646. The van der Waals surface area contributed by atoms with E-state index in [0.717, 1.165) is 24.2 Å². The highest BCUT2D eigenvalue weighted by Gasteiger charge is 2.18. The number of aromatic carboxylic acids is 1. The number of nitrogens with one attached hydrogen (secondary N) is 1. The number of hydrogen-bond donors (Lipinski definition) is 2. The minimum absolute atomic E-state index is 0.0258. The van der Waals surface area contributed by atoms with E-state index in [1.165, 1.54) is 0 Å². The van der Waals surface area contributed by atoms with Gasteiger partial charge in [0.2, 0.25) is 0 Å². The van der Waals surface area contributed by atoms with Crippen molar-refractivity contribution in [1.82, 2.24) is 4.98 Å². The Balaban J connectivity index is 2.48. The SMILES string of the molecule is CCCCOC(=O)ONc1nc(Cl)sc1C(=O)O. The van der Waals surface area contributed by atoms with E-state index in [1.807, 2.05) is 6.92 Å². The molecule has 0 saturated carbocycles. The molecule has 0 fully saturated rings. The van der Waals surface area contributed by atoms with E-state index in [2.05, 4.69) is 20.0 Å². The van der Waals surface area contributed by atoms with Crippen molar-refractivity contribution in [2.75, 3.05) is 12.1 Å². The number of carboxylic acid groups (broad SMARTS) is 1. The Kier molecular flexibility index (Phi) is 5.66. The van der Waals surface area contributed by atoms with Gasteiger partial charge in [0.15, 0.2) is 15.2 Å². The van der Waals surface area contributed by atoms with Gasteiger partial charge in [0.1, 0.15) is 0 Å². The van der Waals surface area contributed by atoms with Crippen molar-refractivity contribution >= 4 is 40.9 Å². The third-order valence-electron chi connectivity index (χ3n) is 1.74. The zero-order chi connectivity index (χ0) is 13.5. The molecule has 2 N–H and O–H groups in total. The summed E-state index contributed by atoms with van der Waals surface area (Å²) in [4.78, 5) is 29.9. The molecule has 0 aliphatic heterocycles. The lowest BCUT2D eigenvalue weighted by Gasteiger charge is -2.05. The van der Waals surface area contributed by atoms with E-state index in [9.17, 15) is 9.59 Å². The summed E-state index contributed by atoms with van der Waals surface area (Å²) in [5.41, 5.74) is 2.10. The van der Waals surface area contributed by atoms with Crippen molar-refractivity contribution in [2.24, 2.45) is 0 Å². The Morgan fingerprint density at radius 3 is 2.89 bits per heavy atom. The molecule has 0 aliphatic carbocycles. The van der Waals surface area contributed by atoms with Crippen LogP contribution in [0.3, 0.4) is 0 Å². The highest BCUT2D eigenvalue weighted by Crippen LogP contribution is 2.26. The lowest BCUT2D eigenvalue weighted by molar-refractivity contribution is 0.0671. The van der Waals surface area contributed by atoms with Crippen LogP contribution >= 0.6 is 22.9 Å². The number of anilines is 1. The first-order chi connectivity index (χ1) is 8.54. The third kappa shape index (κ3) is 4.38. The minimum Gasteiger partial charge on any atom is -0.477 e. The highest BCUT2D eigenvalue weighted by atomic mass is 35.5. The minimum atomic E-state index is -1.22. The Morgan fingerprint density at radius 1 is 1.56 bits per heavy atom. The first-order valence-electron chi connectivity index (χ1n) is 5.03. The van der Waals surface area contributed by atoms with Crippen LogP contribution in [0.1, 0.15) is 29.4 Å². The molecule has 0 amide bonds. The van der Waals surface area contributed by atoms with Crippen molar-refractivity contribution in [1.29, 1.82) is 0 Å². The van der Waals surface area contributed by atoms with E-state index in [-0.39, 0.29) is 21.8 Å². The van der Waals surface area contributed by atoms with Crippen LogP contribution in [0.15, 0.2) is 0 Å². The van der Waals surface area contributed by atoms with E-state index in [0.29, 0.717) is 0 Å². The lowest BCUT2D eigenvalue weighted by atomic mass is 10.4. The monoisotopic (exact) mass is 294 g/mol. The van der Waals surface area contributed by atoms with Crippen molar-refractivity contribution in [2.45, 2.75) is 19.8 Å². The van der Waals surface area contributed by atoms with Crippen LogP contribution in [0.2, 0.25) is 4.47 Å². The molecule has 7 nitrogen and oxygen atoms in total. The van der Waals surface area contributed by atoms with Gasteiger partial charge in [-0.1, -0.05) is 36.3 Å². The molecule has 0 spiro atoms. The van der Waals surface area contributed by atoms with Gasteiger partial charge in [0, 0.05) is 0 Å². The van der Waals surface area contributed by atoms with Gasteiger partial charge in [-0.2, -0.15) is 5.48 Å². The predicted molar refractivity (Wildman–Crippen MR) is 65.0 cm³/mol. The fraction of sp³-hybridized carbons (Fsp3) is 0.444. The van der Waals surface area contributed by atoms with Gasteiger partial charge in [-0.15, -0.1) is 0 Å². The molecule has 0 atom stereocenters. The molecule has 1 aromatic rings. The number of ether oxygens (including phenoxy) is 1. The molecule has 0 unspecified atom stereocenters. The number of halogens is 1. The number of carbonyl (C=O) groups excluding carboxylic acids is 1. The van der Waals surface area contributed by atoms with Gasteiger partial charge < -0.3 is 14.7 Å². The highest BCUT2D eigenvalue weighted by molar-refractivity contribution is 7.18. The zero-order valence-electron chi connectivity index (χ0n) is 9.43. The summed E-state index contributed by atoms with van der Waals surface area (Å²) < 4.78 is 4.71. The lowest BCUT2D eigenvalue weighted by Crippen LogP contribution is -2.14. The summed E-state index contributed by atoms with van der Waals surface area (Å²) in [6, 6.07) is 0. The maximum absolute atomic E-state index is 11.1. The van der Waals surface area contributed by atoms with Gasteiger partial charge in [-0.25, -0.2) is 14.6 Å². The van der Waals surface area contributed by atoms with Gasteiger partial charge in [0.05, 0.1) is 6.61 Å². The predicted octanol–water partition coefficient (Wildman–Crippen LogP) is 2.77. The number of unbranched alkanes of at least 4 members (excludes halogenated alkanes) is 1. The number of carbonyl (C=O) groups is 2. The van der Waals surface area contributed by atoms with E-state index >= 15 is 0 Å². The summed E-state index contributed by atoms with van der Waals surface area (Å²) >= 11 is 6.32. The van der Waals surface area contributed by atoms with Crippen molar-refractivity contribution < 1.29 is 24.3 Å². The first kappa shape index (κ1) is 14.5. The number of carboxylic acids is 1. The van der Waals surface area contributed by atoms with Crippen LogP contribution in [0.4, 0.5) is 10.6 Å². The quantitative estimate of drug-likeness (QED) is 0.473. The van der Waals surface area contributed by atoms with Gasteiger partial charge in [-0.05, 0) is 6.42 Å². The summed E-state index contributed by atoms with van der Waals surface area (Å²) in [6.45, 7) is 2.18. The van der Waals surface area contributed by atoms with Crippen LogP contribution in [0.25, 0.3) is 0 Å².